The van der Waals surface area contributed by atoms with Crippen LogP contribution in [0.3, 0.4) is 0 Å². The molecule has 0 atom stereocenters. The maximum Gasteiger partial charge on any atom is 0.242 e. The molecule has 1 aromatic heterocycles. The zero-order valence-electron chi connectivity index (χ0n) is 10.6. The van der Waals surface area contributed by atoms with Crippen LogP contribution in [0.4, 0.5) is 0 Å². The first-order valence-corrected chi connectivity index (χ1v) is 7.53. The van der Waals surface area contributed by atoms with E-state index in [0.717, 1.165) is 0 Å². The Morgan fingerprint density at radius 3 is 2.70 bits per heavy atom. The lowest BCUT2D eigenvalue weighted by atomic mass is 10.2. The number of nitriles is 1. The first-order chi connectivity index (χ1) is 9.42. The van der Waals surface area contributed by atoms with Crippen molar-refractivity contribution in [3.8, 4) is 6.07 Å². The summed E-state index contributed by atoms with van der Waals surface area (Å²) in [6, 6.07) is 9.37. The number of furan rings is 1. The summed E-state index contributed by atoms with van der Waals surface area (Å²) in [6.07, 6.45) is 0. The average Bonchev–Trinajstić information content (AvgIpc) is 2.83. The Morgan fingerprint density at radius 1 is 1.35 bits per heavy atom. The van der Waals surface area contributed by atoms with Crippen molar-refractivity contribution in [3.05, 3.63) is 52.4 Å². The van der Waals surface area contributed by atoms with Gasteiger partial charge in [-0.3, -0.25) is 0 Å². The summed E-state index contributed by atoms with van der Waals surface area (Å²) in [4.78, 5) is -0.124. The lowest BCUT2D eigenvalue weighted by Gasteiger charge is -2.07. The van der Waals surface area contributed by atoms with Gasteiger partial charge >= 0.3 is 0 Å². The number of sulfonamides is 1. The number of halogens is 1. The van der Waals surface area contributed by atoms with E-state index in [-0.39, 0.29) is 22.0 Å². The second kappa shape index (κ2) is 5.67. The van der Waals surface area contributed by atoms with Gasteiger partial charge in [0, 0.05) is 0 Å². The molecule has 2 rings (SSSR count). The Balaban J connectivity index is 2.24. The molecule has 0 bridgehead atoms. The SMILES string of the molecule is Cc1ccc(CNS(=O)(=O)c2cc(C#N)ccc2Cl)o1. The van der Waals surface area contributed by atoms with E-state index in [2.05, 4.69) is 4.72 Å². The van der Waals surface area contributed by atoms with Crippen molar-refractivity contribution < 1.29 is 12.8 Å². The molecule has 0 spiro atoms. The number of rotatable bonds is 4. The van der Waals surface area contributed by atoms with Crippen LogP contribution in [0.5, 0.6) is 0 Å². The molecule has 0 unspecified atom stereocenters. The summed E-state index contributed by atoms with van der Waals surface area (Å²) in [7, 11) is -3.81. The van der Waals surface area contributed by atoms with Gasteiger partial charge in [-0.2, -0.15) is 5.26 Å². The van der Waals surface area contributed by atoms with E-state index in [1.165, 1.54) is 18.2 Å². The number of hydrogen-bond donors (Lipinski definition) is 1. The van der Waals surface area contributed by atoms with Crippen molar-refractivity contribution in [2.75, 3.05) is 0 Å². The lowest BCUT2D eigenvalue weighted by molar-refractivity contribution is 0.475. The van der Waals surface area contributed by atoms with Crippen LogP contribution in [-0.2, 0) is 16.6 Å². The lowest BCUT2D eigenvalue weighted by Crippen LogP contribution is -2.23. The number of nitrogens with one attached hydrogen (secondary N) is 1. The van der Waals surface area contributed by atoms with Crippen molar-refractivity contribution in [2.24, 2.45) is 0 Å². The Kier molecular flexibility index (Phi) is 4.14. The first-order valence-electron chi connectivity index (χ1n) is 5.67. The molecule has 104 valence electrons. The normalized spacial score (nSPS) is 11.2. The summed E-state index contributed by atoms with van der Waals surface area (Å²) in [6.45, 7) is 1.79. The Hall–Kier alpha value is -1.81. The van der Waals surface area contributed by atoms with Gasteiger partial charge in [0.2, 0.25) is 10.0 Å². The number of hydrogen-bond acceptors (Lipinski definition) is 4. The highest BCUT2D eigenvalue weighted by molar-refractivity contribution is 7.89. The Morgan fingerprint density at radius 2 is 2.10 bits per heavy atom. The molecule has 0 saturated heterocycles. The van der Waals surface area contributed by atoms with Gasteiger partial charge < -0.3 is 4.42 Å². The van der Waals surface area contributed by atoms with E-state index in [9.17, 15) is 8.42 Å². The van der Waals surface area contributed by atoms with Crippen LogP contribution in [0.15, 0.2) is 39.6 Å². The summed E-state index contributed by atoms with van der Waals surface area (Å²) in [5.74, 6) is 1.20. The third kappa shape index (κ3) is 3.20. The van der Waals surface area contributed by atoms with Crippen molar-refractivity contribution in [2.45, 2.75) is 18.4 Å². The van der Waals surface area contributed by atoms with Crippen molar-refractivity contribution in [1.29, 1.82) is 5.26 Å². The van der Waals surface area contributed by atoms with Gasteiger partial charge in [0.05, 0.1) is 23.2 Å². The van der Waals surface area contributed by atoms with Crippen LogP contribution < -0.4 is 4.72 Å². The third-order valence-corrected chi connectivity index (χ3v) is 4.47. The molecular weight excluding hydrogens is 300 g/mol. The molecule has 1 aromatic carbocycles. The number of benzene rings is 1. The van der Waals surface area contributed by atoms with Gasteiger partial charge in [0.25, 0.3) is 0 Å². The highest BCUT2D eigenvalue weighted by Crippen LogP contribution is 2.22. The molecule has 20 heavy (non-hydrogen) atoms. The molecular formula is C13H11ClN2O3S. The van der Waals surface area contributed by atoms with E-state index in [4.69, 9.17) is 21.3 Å². The van der Waals surface area contributed by atoms with E-state index >= 15 is 0 Å². The smallest absolute Gasteiger partial charge is 0.242 e. The topological polar surface area (TPSA) is 83.1 Å². The van der Waals surface area contributed by atoms with Crippen molar-refractivity contribution in [3.63, 3.8) is 0 Å². The molecule has 0 aliphatic rings. The van der Waals surface area contributed by atoms with Gasteiger partial charge in [-0.05, 0) is 37.3 Å². The Labute approximate surface area is 121 Å². The average molecular weight is 311 g/mol. The Bertz CT molecular complexity index is 775. The summed E-state index contributed by atoms with van der Waals surface area (Å²) in [5, 5.41) is 8.87. The van der Waals surface area contributed by atoms with Crippen LogP contribution in [0.2, 0.25) is 5.02 Å². The zero-order chi connectivity index (χ0) is 14.8. The molecule has 0 radical (unpaired) electrons. The molecule has 7 heteroatoms. The molecule has 0 amide bonds. The van der Waals surface area contributed by atoms with Crippen LogP contribution in [0.1, 0.15) is 17.1 Å². The van der Waals surface area contributed by atoms with Crippen molar-refractivity contribution in [1.82, 2.24) is 4.72 Å². The summed E-state index contributed by atoms with van der Waals surface area (Å²) in [5.41, 5.74) is 0.226. The minimum atomic E-state index is -3.81. The fourth-order valence-electron chi connectivity index (χ4n) is 1.60. The van der Waals surface area contributed by atoms with Crippen LogP contribution in [0.25, 0.3) is 0 Å². The first kappa shape index (κ1) is 14.6. The fourth-order valence-corrected chi connectivity index (χ4v) is 3.12. The molecule has 0 fully saturated rings. The van der Waals surface area contributed by atoms with Crippen molar-refractivity contribution >= 4 is 21.6 Å². The predicted molar refractivity (Wildman–Crippen MR) is 73.6 cm³/mol. The van der Waals surface area contributed by atoms with E-state index in [1.807, 2.05) is 6.07 Å². The standard InChI is InChI=1S/C13H11ClN2O3S/c1-9-2-4-11(19-9)8-16-20(17,18)13-6-10(7-15)3-5-12(13)14/h2-6,16H,8H2,1H3. The second-order valence-corrected chi connectivity index (χ2v) is 6.24. The van der Waals surface area contributed by atoms with Crippen LogP contribution in [-0.4, -0.2) is 8.42 Å². The van der Waals surface area contributed by atoms with Gasteiger partial charge in [-0.15, -0.1) is 0 Å². The van der Waals surface area contributed by atoms with Gasteiger partial charge in [-0.1, -0.05) is 11.6 Å². The third-order valence-electron chi connectivity index (χ3n) is 2.58. The second-order valence-electron chi connectivity index (χ2n) is 4.09. The number of aryl methyl sites for hydroxylation is 1. The number of nitrogens with zero attached hydrogens (tertiary/aromatic N) is 1. The summed E-state index contributed by atoms with van der Waals surface area (Å²) >= 11 is 5.87. The quantitative estimate of drug-likeness (QED) is 0.940. The van der Waals surface area contributed by atoms with E-state index < -0.39 is 10.0 Å². The van der Waals surface area contributed by atoms with Gasteiger partial charge in [-0.25, -0.2) is 13.1 Å². The molecule has 1 N–H and O–H groups in total. The molecule has 0 aliphatic heterocycles. The zero-order valence-corrected chi connectivity index (χ0v) is 12.1. The molecule has 0 saturated carbocycles. The van der Waals surface area contributed by atoms with E-state index in [0.29, 0.717) is 11.5 Å². The monoisotopic (exact) mass is 310 g/mol. The molecule has 5 nitrogen and oxygen atoms in total. The van der Waals surface area contributed by atoms with E-state index in [1.54, 1.807) is 19.1 Å². The maximum atomic E-state index is 12.2. The largest absolute Gasteiger partial charge is 0.465 e. The minimum Gasteiger partial charge on any atom is -0.465 e. The predicted octanol–water partition coefficient (Wildman–Crippen LogP) is 2.59. The maximum absolute atomic E-state index is 12.2. The highest BCUT2D eigenvalue weighted by Gasteiger charge is 2.18. The highest BCUT2D eigenvalue weighted by atomic mass is 35.5. The van der Waals surface area contributed by atoms with Gasteiger partial charge in [0.15, 0.2) is 0 Å². The van der Waals surface area contributed by atoms with Crippen LogP contribution in [0, 0.1) is 18.3 Å². The van der Waals surface area contributed by atoms with Crippen LogP contribution >= 0.6 is 11.6 Å². The molecule has 2 aromatic rings. The minimum absolute atomic E-state index is 0.0171. The summed E-state index contributed by atoms with van der Waals surface area (Å²) < 4.78 is 32.0. The fraction of sp³-hybridized carbons (Fsp3) is 0.154. The van der Waals surface area contributed by atoms with Gasteiger partial charge in [0.1, 0.15) is 16.4 Å². The molecule has 1 heterocycles. The molecule has 0 aliphatic carbocycles.